The molecule has 162 valence electrons. The summed E-state index contributed by atoms with van der Waals surface area (Å²) in [4.78, 5) is 20.0. The molecule has 0 aromatic heterocycles. The minimum Gasteiger partial charge on any atom is -0.481 e. The molecule has 0 aromatic rings. The molecule has 0 aliphatic rings. The average molecular weight is 433 g/mol. The number of carbonyl (C=O) groups is 2. The van der Waals surface area contributed by atoms with E-state index in [9.17, 15) is 18.0 Å². The summed E-state index contributed by atoms with van der Waals surface area (Å²) in [7, 11) is -4.84. The Balaban J connectivity index is -0.000000441. The summed E-state index contributed by atoms with van der Waals surface area (Å²) in [5.74, 6) is -3.50. The van der Waals surface area contributed by atoms with E-state index in [1.54, 1.807) is 0 Å². The zero-order valence-corrected chi connectivity index (χ0v) is 20.5. The molecule has 3 N–H and O–H groups in total. The van der Waals surface area contributed by atoms with Gasteiger partial charge in [-0.3, -0.25) is 14.1 Å². The number of hydrogen-bond donors (Lipinski definition) is 3. The first-order valence-electron chi connectivity index (χ1n) is 9.89. The molecule has 0 spiro atoms. The number of unbranched alkanes of at least 4 members (excludes halogenated alkanes) is 12. The van der Waals surface area contributed by atoms with Crippen molar-refractivity contribution in [3.8, 4) is 0 Å². The Morgan fingerprint density at radius 3 is 1.57 bits per heavy atom. The SMILES string of the molecule is CCCCC[CH-]CCCCCCCCC.O=C(O)CC(C(=O)O)S(=O)(=O)O.[Na+]. The van der Waals surface area contributed by atoms with Gasteiger partial charge in [-0.15, -0.1) is 0 Å². The number of hydrogen-bond acceptors (Lipinski definition) is 4. The van der Waals surface area contributed by atoms with E-state index < -0.39 is 33.7 Å². The summed E-state index contributed by atoms with van der Waals surface area (Å²) in [5, 5.41) is 13.9. The Hall–Kier alpha value is -0.150. The summed E-state index contributed by atoms with van der Waals surface area (Å²) in [6, 6.07) is 0. The standard InChI is InChI=1S/C15H31.C4H6O7S.Na/c1-3-5-7-9-11-13-15-14-12-10-8-6-4-2;5-3(6)1-2(4(7)8)12(9,10)11;/h11H,3-10,12-15H2,1-2H3;2H,1H2,(H,5,6)(H,7,8)(H,9,10,11);/q-1;;+1. The first-order chi connectivity index (χ1) is 12.7. The number of carboxylic acids is 2. The largest absolute Gasteiger partial charge is 1.00 e. The molecule has 9 heteroatoms. The molecule has 0 fully saturated rings. The summed E-state index contributed by atoms with van der Waals surface area (Å²) in [6.45, 7) is 4.56. The molecule has 0 aliphatic heterocycles. The predicted molar refractivity (Wildman–Crippen MR) is 106 cm³/mol. The smallest absolute Gasteiger partial charge is 0.481 e. The van der Waals surface area contributed by atoms with Crippen molar-refractivity contribution in [1.29, 1.82) is 0 Å². The van der Waals surface area contributed by atoms with Gasteiger partial charge in [0.1, 0.15) is 0 Å². The van der Waals surface area contributed by atoms with Gasteiger partial charge in [-0.2, -0.15) is 21.3 Å². The monoisotopic (exact) mass is 432 g/mol. The van der Waals surface area contributed by atoms with Crippen molar-refractivity contribution in [2.24, 2.45) is 0 Å². The molecule has 0 saturated carbocycles. The number of rotatable bonds is 16. The fourth-order valence-corrected chi connectivity index (χ4v) is 3.02. The van der Waals surface area contributed by atoms with E-state index in [1.165, 1.54) is 77.0 Å². The fourth-order valence-electron chi connectivity index (χ4n) is 2.41. The molecule has 7 nitrogen and oxygen atoms in total. The second-order valence-electron chi connectivity index (χ2n) is 6.63. The Kier molecular flexibility index (Phi) is 25.0. The van der Waals surface area contributed by atoms with Crippen LogP contribution in [-0.4, -0.2) is 40.4 Å². The molecule has 0 rings (SSSR count). The molecule has 0 aliphatic carbocycles. The van der Waals surface area contributed by atoms with Crippen LogP contribution >= 0.6 is 0 Å². The van der Waals surface area contributed by atoms with Crippen molar-refractivity contribution < 1.29 is 62.3 Å². The second kappa shape index (κ2) is 21.6. The van der Waals surface area contributed by atoms with E-state index in [0.717, 1.165) is 0 Å². The van der Waals surface area contributed by atoms with E-state index >= 15 is 0 Å². The topological polar surface area (TPSA) is 129 Å². The van der Waals surface area contributed by atoms with Crippen LogP contribution in [0.15, 0.2) is 0 Å². The molecular weight excluding hydrogens is 395 g/mol. The molecule has 1 atom stereocenters. The van der Waals surface area contributed by atoms with Crippen LogP contribution in [-0.2, 0) is 19.7 Å². The Morgan fingerprint density at radius 2 is 1.21 bits per heavy atom. The van der Waals surface area contributed by atoms with Crippen LogP contribution in [0.4, 0.5) is 0 Å². The van der Waals surface area contributed by atoms with Crippen molar-refractivity contribution in [1.82, 2.24) is 0 Å². The van der Waals surface area contributed by atoms with E-state index in [0.29, 0.717) is 0 Å². The molecule has 0 aromatic carbocycles. The Bertz CT molecular complexity index is 469. The molecule has 0 saturated heterocycles. The fraction of sp³-hybridized carbons (Fsp3) is 0.842. The van der Waals surface area contributed by atoms with Crippen LogP contribution in [0.3, 0.4) is 0 Å². The predicted octanol–water partition coefficient (Wildman–Crippen LogP) is 1.72. The van der Waals surface area contributed by atoms with Crippen molar-refractivity contribution in [3.05, 3.63) is 6.42 Å². The minimum absolute atomic E-state index is 0. The van der Waals surface area contributed by atoms with Crippen LogP contribution in [0.2, 0.25) is 0 Å². The van der Waals surface area contributed by atoms with Crippen molar-refractivity contribution in [2.45, 2.75) is 103 Å². The molecule has 28 heavy (non-hydrogen) atoms. The van der Waals surface area contributed by atoms with Gasteiger partial charge in [-0.05, 0) is 0 Å². The van der Waals surface area contributed by atoms with E-state index in [1.807, 2.05) is 0 Å². The third kappa shape index (κ3) is 23.9. The van der Waals surface area contributed by atoms with Gasteiger partial charge in [-0.1, -0.05) is 78.1 Å². The molecule has 0 radical (unpaired) electrons. The van der Waals surface area contributed by atoms with E-state index in [4.69, 9.17) is 14.8 Å². The van der Waals surface area contributed by atoms with Gasteiger partial charge < -0.3 is 16.6 Å². The molecule has 0 amide bonds. The first-order valence-corrected chi connectivity index (χ1v) is 11.4. The molecule has 0 bridgehead atoms. The van der Waals surface area contributed by atoms with E-state index in [2.05, 4.69) is 20.3 Å². The van der Waals surface area contributed by atoms with Crippen LogP contribution in [0, 0.1) is 6.42 Å². The summed E-state index contributed by atoms with van der Waals surface area (Å²) in [5.41, 5.74) is 0. The zero-order chi connectivity index (χ0) is 21.1. The minimum atomic E-state index is -4.84. The second-order valence-corrected chi connectivity index (χ2v) is 8.23. The maximum atomic E-state index is 10.2. The van der Waals surface area contributed by atoms with Gasteiger partial charge in [0, 0.05) is 0 Å². The van der Waals surface area contributed by atoms with Crippen LogP contribution in [0.5, 0.6) is 0 Å². The van der Waals surface area contributed by atoms with Crippen molar-refractivity contribution in [3.63, 3.8) is 0 Å². The first kappa shape index (κ1) is 32.5. The van der Waals surface area contributed by atoms with Crippen molar-refractivity contribution >= 4 is 22.1 Å². The maximum Gasteiger partial charge on any atom is 1.00 e. The third-order valence-electron chi connectivity index (χ3n) is 4.02. The third-order valence-corrected chi connectivity index (χ3v) is 5.11. The van der Waals surface area contributed by atoms with Crippen LogP contribution in [0.25, 0.3) is 0 Å². The maximum absolute atomic E-state index is 10.2. The zero-order valence-electron chi connectivity index (χ0n) is 17.7. The Labute approximate surface area is 192 Å². The van der Waals surface area contributed by atoms with Crippen molar-refractivity contribution in [2.75, 3.05) is 0 Å². The van der Waals surface area contributed by atoms with Crippen LogP contribution in [0.1, 0.15) is 97.3 Å². The van der Waals surface area contributed by atoms with Gasteiger partial charge >= 0.3 is 41.5 Å². The normalized spacial score (nSPS) is 11.7. The van der Waals surface area contributed by atoms with Gasteiger partial charge in [0.2, 0.25) is 0 Å². The van der Waals surface area contributed by atoms with Gasteiger partial charge in [0.25, 0.3) is 10.1 Å². The van der Waals surface area contributed by atoms with Gasteiger partial charge in [0.15, 0.2) is 5.25 Å². The molecule has 1 unspecified atom stereocenters. The summed E-state index contributed by atoms with van der Waals surface area (Å²) >= 11 is 0. The summed E-state index contributed by atoms with van der Waals surface area (Å²) < 4.78 is 28.7. The van der Waals surface area contributed by atoms with Gasteiger partial charge in [0.05, 0.1) is 6.42 Å². The van der Waals surface area contributed by atoms with Gasteiger partial charge in [-0.25, -0.2) is 0 Å². The number of carboxylic acid groups (broad SMARTS) is 2. The average Bonchev–Trinajstić information content (AvgIpc) is 2.57. The summed E-state index contributed by atoms with van der Waals surface area (Å²) in [6.07, 6.45) is 18.3. The molecule has 0 heterocycles. The van der Waals surface area contributed by atoms with E-state index in [-0.39, 0.29) is 29.6 Å². The Morgan fingerprint density at radius 1 is 0.821 bits per heavy atom. The number of aliphatic carboxylic acids is 2. The van der Waals surface area contributed by atoms with Crippen LogP contribution < -0.4 is 29.6 Å². The molecular formula is C19H37NaO7S. The quantitative estimate of drug-likeness (QED) is 0.147.